The minimum absolute atomic E-state index is 1.20. The molecular formula is C22H34N2. The van der Waals surface area contributed by atoms with E-state index >= 15 is 0 Å². The van der Waals surface area contributed by atoms with Crippen molar-refractivity contribution >= 4 is 11.4 Å². The van der Waals surface area contributed by atoms with Crippen molar-refractivity contribution in [1.29, 1.82) is 0 Å². The molecule has 0 aliphatic rings. The molecular weight excluding hydrogens is 292 g/mol. The summed E-state index contributed by atoms with van der Waals surface area (Å²) in [5.74, 6) is 0. The lowest BCUT2D eigenvalue weighted by atomic mass is 10.2. The average Bonchev–Trinajstić information content (AvgIpc) is 2.70. The molecule has 2 heteroatoms. The third-order valence-corrected chi connectivity index (χ3v) is 3.82. The molecule has 0 saturated carbocycles. The van der Waals surface area contributed by atoms with Gasteiger partial charge in [0.1, 0.15) is 0 Å². The summed E-state index contributed by atoms with van der Waals surface area (Å²) in [5.41, 5.74) is 4.88. The maximum absolute atomic E-state index is 2.22. The summed E-state index contributed by atoms with van der Waals surface area (Å²) in [6, 6.07) is 20.8. The van der Waals surface area contributed by atoms with E-state index in [1.165, 1.54) is 22.8 Å². The van der Waals surface area contributed by atoms with Gasteiger partial charge in [-0.1, -0.05) is 64.1 Å². The zero-order valence-electron chi connectivity index (χ0n) is 16.7. The first-order valence-corrected chi connectivity index (χ1v) is 8.86. The van der Waals surface area contributed by atoms with Crippen LogP contribution in [0.15, 0.2) is 72.1 Å². The van der Waals surface area contributed by atoms with E-state index in [0.717, 1.165) is 0 Å². The van der Waals surface area contributed by atoms with Crippen molar-refractivity contribution in [1.82, 2.24) is 0 Å². The van der Waals surface area contributed by atoms with Crippen molar-refractivity contribution < 1.29 is 0 Å². The van der Waals surface area contributed by atoms with Crippen LogP contribution in [0.5, 0.6) is 0 Å². The van der Waals surface area contributed by atoms with Gasteiger partial charge < -0.3 is 9.80 Å². The van der Waals surface area contributed by atoms with Gasteiger partial charge in [-0.05, 0) is 38.1 Å². The van der Waals surface area contributed by atoms with Gasteiger partial charge in [0, 0.05) is 36.9 Å². The Bertz CT molecular complexity index is 520. The second kappa shape index (κ2) is 12.2. The molecule has 132 valence electrons. The van der Waals surface area contributed by atoms with E-state index in [1.54, 1.807) is 0 Å². The average molecular weight is 327 g/mol. The number of para-hydroxylation sites is 2. The summed E-state index contributed by atoms with van der Waals surface area (Å²) in [6.07, 6.45) is 0. The molecule has 2 rings (SSSR count). The number of hydrogen-bond donors (Lipinski definition) is 0. The number of hydrogen-bond acceptors (Lipinski definition) is 2. The van der Waals surface area contributed by atoms with Crippen molar-refractivity contribution in [2.24, 2.45) is 0 Å². The zero-order chi connectivity index (χ0) is 18.5. The van der Waals surface area contributed by atoms with Gasteiger partial charge in [0.05, 0.1) is 0 Å². The van der Waals surface area contributed by atoms with E-state index in [9.17, 15) is 0 Å². The Labute approximate surface area is 149 Å². The molecule has 0 fully saturated rings. The smallest absolute Gasteiger partial charge is 0.0406 e. The third-order valence-electron chi connectivity index (χ3n) is 3.82. The number of nitrogens with zero attached hydrogens (tertiary/aromatic N) is 2. The van der Waals surface area contributed by atoms with Gasteiger partial charge in [0.2, 0.25) is 0 Å². The van der Waals surface area contributed by atoms with Gasteiger partial charge in [-0.15, -0.1) is 0 Å². The lowest BCUT2D eigenvalue weighted by Gasteiger charge is -2.28. The van der Waals surface area contributed by atoms with Crippen LogP contribution < -0.4 is 9.80 Å². The molecule has 24 heavy (non-hydrogen) atoms. The fourth-order valence-corrected chi connectivity index (χ4v) is 2.18. The summed E-state index contributed by atoms with van der Waals surface area (Å²) in [5, 5.41) is 0. The first-order valence-electron chi connectivity index (χ1n) is 8.86. The molecule has 0 radical (unpaired) electrons. The highest BCUT2D eigenvalue weighted by atomic mass is 15.2. The monoisotopic (exact) mass is 326 g/mol. The molecule has 0 aliphatic carbocycles. The van der Waals surface area contributed by atoms with Crippen molar-refractivity contribution in [2.45, 2.75) is 41.5 Å². The Kier molecular flexibility index (Phi) is 11.1. The molecule has 0 aliphatic heterocycles. The van der Waals surface area contributed by atoms with Gasteiger partial charge >= 0.3 is 0 Å². The first kappa shape index (κ1) is 21.8. The van der Waals surface area contributed by atoms with Crippen molar-refractivity contribution in [3.05, 3.63) is 72.1 Å². The minimum Gasteiger partial charge on any atom is -0.347 e. The van der Waals surface area contributed by atoms with Crippen LogP contribution in [0.3, 0.4) is 0 Å². The lowest BCUT2D eigenvalue weighted by molar-refractivity contribution is 0.984. The van der Waals surface area contributed by atoms with Crippen LogP contribution in [0.1, 0.15) is 41.5 Å². The van der Waals surface area contributed by atoms with Crippen LogP contribution in [-0.2, 0) is 0 Å². The van der Waals surface area contributed by atoms with Gasteiger partial charge in [-0.25, -0.2) is 0 Å². The van der Waals surface area contributed by atoms with Crippen LogP contribution in [0.2, 0.25) is 0 Å². The predicted molar refractivity (Wildman–Crippen MR) is 111 cm³/mol. The van der Waals surface area contributed by atoms with Gasteiger partial charge in [-0.3, -0.25) is 0 Å². The van der Waals surface area contributed by atoms with E-state index in [1.807, 2.05) is 39.8 Å². The molecule has 0 bridgehead atoms. The maximum atomic E-state index is 2.22. The predicted octanol–water partition coefficient (Wildman–Crippen LogP) is 6.56. The number of rotatable bonds is 4. The van der Waals surface area contributed by atoms with Crippen LogP contribution in [-0.4, -0.2) is 14.1 Å². The fraction of sp³-hybridized carbons (Fsp3) is 0.364. The Hall–Kier alpha value is -2.22. The molecule has 2 nitrogen and oxygen atoms in total. The normalized spacial score (nSPS) is 10.3. The number of benzene rings is 2. The van der Waals surface area contributed by atoms with Crippen LogP contribution in [0.4, 0.5) is 11.4 Å². The molecule has 0 aromatic heterocycles. The maximum Gasteiger partial charge on any atom is 0.0406 e. The van der Waals surface area contributed by atoms with Crippen molar-refractivity contribution in [3.8, 4) is 0 Å². The summed E-state index contributed by atoms with van der Waals surface area (Å²) in [4.78, 5) is 4.43. The summed E-state index contributed by atoms with van der Waals surface area (Å²) >= 11 is 0. The highest BCUT2D eigenvalue weighted by Gasteiger charge is 2.10. The molecule has 2 aromatic carbocycles. The standard InChI is InChI=1S/C18H22N2.2C2H6/c1-15(19(3)17-11-7-5-8-12-17)16(2)20(4)18-13-9-6-10-14-18;2*1-2/h5-14H,1-4H3;2*1-2H3/b16-15+;;. The van der Waals surface area contributed by atoms with Crippen molar-refractivity contribution in [2.75, 3.05) is 23.9 Å². The molecule has 2 aromatic rings. The minimum atomic E-state index is 1.20. The molecule has 0 unspecified atom stereocenters. The van der Waals surface area contributed by atoms with Crippen LogP contribution in [0, 0.1) is 0 Å². The Morgan fingerprint density at radius 3 is 1.04 bits per heavy atom. The number of allylic oxidation sites excluding steroid dienone is 2. The van der Waals surface area contributed by atoms with Gasteiger partial charge in [0.15, 0.2) is 0 Å². The SMILES string of the molecule is C/C(=C(/C)N(C)c1ccccc1)N(C)c1ccccc1.CC.CC. The Morgan fingerprint density at radius 2 is 0.792 bits per heavy atom. The van der Waals surface area contributed by atoms with E-state index < -0.39 is 0 Å². The molecule has 0 atom stereocenters. The molecule has 0 N–H and O–H groups in total. The Morgan fingerprint density at radius 1 is 0.542 bits per heavy atom. The zero-order valence-corrected chi connectivity index (χ0v) is 16.7. The van der Waals surface area contributed by atoms with Crippen LogP contribution in [0.25, 0.3) is 0 Å². The van der Waals surface area contributed by atoms with E-state index in [0.29, 0.717) is 0 Å². The second-order valence-corrected chi connectivity index (χ2v) is 4.96. The van der Waals surface area contributed by atoms with Gasteiger partial charge in [-0.2, -0.15) is 0 Å². The topological polar surface area (TPSA) is 6.48 Å². The summed E-state index contributed by atoms with van der Waals surface area (Å²) in [7, 11) is 4.21. The third kappa shape index (κ3) is 6.11. The summed E-state index contributed by atoms with van der Waals surface area (Å²) < 4.78 is 0. The largest absolute Gasteiger partial charge is 0.347 e. The molecule has 0 saturated heterocycles. The van der Waals surface area contributed by atoms with E-state index in [4.69, 9.17) is 0 Å². The van der Waals surface area contributed by atoms with E-state index in [-0.39, 0.29) is 0 Å². The highest BCUT2D eigenvalue weighted by Crippen LogP contribution is 2.23. The van der Waals surface area contributed by atoms with Crippen LogP contribution >= 0.6 is 0 Å². The van der Waals surface area contributed by atoms with E-state index in [2.05, 4.69) is 86.3 Å². The Balaban J connectivity index is 0.00000123. The van der Waals surface area contributed by atoms with Gasteiger partial charge in [0.25, 0.3) is 0 Å². The molecule has 0 spiro atoms. The first-order chi connectivity index (χ1) is 11.6. The number of anilines is 2. The molecule has 0 amide bonds. The second-order valence-electron chi connectivity index (χ2n) is 4.96. The molecule has 0 heterocycles. The summed E-state index contributed by atoms with van der Waals surface area (Å²) in [6.45, 7) is 12.3. The fourth-order valence-electron chi connectivity index (χ4n) is 2.18. The lowest BCUT2D eigenvalue weighted by Crippen LogP contribution is -2.23. The quantitative estimate of drug-likeness (QED) is 0.627. The van der Waals surface area contributed by atoms with Crippen molar-refractivity contribution in [3.63, 3.8) is 0 Å². The highest BCUT2D eigenvalue weighted by molar-refractivity contribution is 5.56.